The van der Waals surface area contributed by atoms with Gasteiger partial charge in [0.2, 0.25) is 0 Å². The minimum absolute atomic E-state index is 0.0385. The molecule has 0 N–H and O–H groups in total. The summed E-state index contributed by atoms with van der Waals surface area (Å²) in [5, 5.41) is 8.54. The molecule has 1 aromatic heterocycles. The van der Waals surface area contributed by atoms with Gasteiger partial charge in [0.15, 0.2) is 0 Å². The molecule has 0 saturated heterocycles. The van der Waals surface area contributed by atoms with E-state index in [1.54, 1.807) is 6.07 Å². The Bertz CT molecular complexity index is 371. The minimum Gasteiger partial charge on any atom is -0.259 e. The van der Waals surface area contributed by atoms with Gasteiger partial charge >= 0.3 is 0 Å². The number of nitrogens with zero attached hydrogens (tertiary/aromatic N) is 2. The lowest BCUT2D eigenvalue weighted by Crippen LogP contribution is -1.98. The molecular weight excluding hydrogens is 198 g/mol. The highest BCUT2D eigenvalue weighted by molar-refractivity contribution is 6.31. The van der Waals surface area contributed by atoms with Crippen LogP contribution in [0.3, 0.4) is 0 Å². The number of rotatable bonds is 1. The molecular formula is C8H5ClF2N2. The highest BCUT2D eigenvalue weighted by Gasteiger charge is 2.19. The molecule has 0 atom stereocenters. The van der Waals surface area contributed by atoms with Gasteiger partial charge in [0.1, 0.15) is 6.07 Å². The SMILES string of the molecule is Cc1ncc(Cl)c(C#N)c1C(F)F. The Kier molecular flexibility index (Phi) is 2.79. The Morgan fingerprint density at radius 1 is 1.62 bits per heavy atom. The molecule has 0 radical (unpaired) electrons. The van der Waals surface area contributed by atoms with Crippen molar-refractivity contribution < 1.29 is 8.78 Å². The summed E-state index contributed by atoms with van der Waals surface area (Å²) in [6.07, 6.45) is -1.53. The minimum atomic E-state index is -2.72. The zero-order chi connectivity index (χ0) is 10.0. The normalized spacial score (nSPS) is 10.2. The predicted molar refractivity (Wildman–Crippen MR) is 43.7 cm³/mol. The molecule has 0 aliphatic heterocycles. The summed E-state index contributed by atoms with van der Waals surface area (Å²) in [5.41, 5.74) is -0.435. The van der Waals surface area contributed by atoms with E-state index in [0.717, 1.165) is 0 Å². The molecule has 2 nitrogen and oxygen atoms in total. The van der Waals surface area contributed by atoms with Gasteiger partial charge < -0.3 is 0 Å². The molecule has 0 fully saturated rings. The number of aromatic nitrogens is 1. The number of hydrogen-bond acceptors (Lipinski definition) is 2. The average molecular weight is 203 g/mol. The first-order chi connectivity index (χ1) is 6.07. The standard InChI is InChI=1S/C8H5ClF2N2/c1-4-7(8(10)11)5(2-12)6(9)3-13-4/h3,8H,1H3. The second-order valence-corrected chi connectivity index (χ2v) is 2.80. The van der Waals surface area contributed by atoms with E-state index in [2.05, 4.69) is 4.98 Å². The van der Waals surface area contributed by atoms with Gasteiger partial charge in [-0.15, -0.1) is 0 Å². The summed E-state index contributed by atoms with van der Waals surface area (Å²) in [6.45, 7) is 1.42. The van der Waals surface area contributed by atoms with Crippen LogP contribution in [0.1, 0.15) is 23.2 Å². The van der Waals surface area contributed by atoms with Gasteiger partial charge in [0.25, 0.3) is 6.43 Å². The number of halogens is 3. The third-order valence-electron chi connectivity index (χ3n) is 1.60. The maximum absolute atomic E-state index is 12.4. The van der Waals surface area contributed by atoms with Crippen molar-refractivity contribution in [1.82, 2.24) is 4.98 Å². The Morgan fingerprint density at radius 3 is 2.62 bits per heavy atom. The highest BCUT2D eigenvalue weighted by Crippen LogP contribution is 2.28. The topological polar surface area (TPSA) is 36.7 Å². The summed E-state index contributed by atoms with van der Waals surface area (Å²) in [5.74, 6) is 0. The second kappa shape index (κ2) is 3.67. The fourth-order valence-electron chi connectivity index (χ4n) is 0.978. The second-order valence-electron chi connectivity index (χ2n) is 2.39. The Balaban J connectivity index is 3.46. The molecule has 0 aliphatic carbocycles. The van der Waals surface area contributed by atoms with Crippen LogP contribution >= 0.6 is 11.6 Å². The molecule has 0 bridgehead atoms. The lowest BCUT2D eigenvalue weighted by Gasteiger charge is -2.06. The Morgan fingerprint density at radius 2 is 2.23 bits per heavy atom. The van der Waals surface area contributed by atoms with Gasteiger partial charge in [-0.2, -0.15) is 5.26 Å². The van der Waals surface area contributed by atoms with Crippen molar-refractivity contribution in [3.05, 3.63) is 28.0 Å². The Labute approximate surface area is 78.8 Å². The smallest absolute Gasteiger partial charge is 0.259 e. The molecule has 1 aromatic rings. The molecule has 1 heterocycles. The number of hydrogen-bond donors (Lipinski definition) is 0. The molecule has 0 aliphatic rings. The van der Waals surface area contributed by atoms with Crippen LogP contribution in [0.25, 0.3) is 0 Å². The zero-order valence-corrected chi connectivity index (χ0v) is 7.44. The van der Waals surface area contributed by atoms with Crippen LogP contribution in [0.2, 0.25) is 5.02 Å². The van der Waals surface area contributed by atoms with Crippen molar-refractivity contribution in [3.63, 3.8) is 0 Å². The van der Waals surface area contributed by atoms with E-state index < -0.39 is 6.43 Å². The van der Waals surface area contributed by atoms with Crippen LogP contribution in [-0.4, -0.2) is 4.98 Å². The fraction of sp³-hybridized carbons (Fsp3) is 0.250. The molecule has 0 spiro atoms. The molecule has 13 heavy (non-hydrogen) atoms. The van der Waals surface area contributed by atoms with Crippen molar-refractivity contribution in [3.8, 4) is 6.07 Å². The van der Waals surface area contributed by atoms with Gasteiger partial charge in [0, 0.05) is 11.9 Å². The molecule has 5 heteroatoms. The number of pyridine rings is 1. The lowest BCUT2D eigenvalue weighted by atomic mass is 10.1. The summed E-state index contributed by atoms with van der Waals surface area (Å²) in [4.78, 5) is 3.65. The molecule has 0 unspecified atom stereocenters. The van der Waals surface area contributed by atoms with Gasteiger partial charge in [-0.3, -0.25) is 4.98 Å². The molecule has 1 rings (SSSR count). The van der Waals surface area contributed by atoms with Crippen LogP contribution in [0.5, 0.6) is 0 Å². The summed E-state index contributed by atoms with van der Waals surface area (Å²) in [6, 6.07) is 1.63. The first-order valence-electron chi connectivity index (χ1n) is 3.41. The van der Waals surface area contributed by atoms with Gasteiger partial charge in [-0.25, -0.2) is 8.78 Å². The van der Waals surface area contributed by atoms with Gasteiger partial charge in [-0.05, 0) is 6.92 Å². The molecule has 0 saturated carbocycles. The summed E-state index contributed by atoms with van der Waals surface area (Å²) >= 11 is 5.53. The van der Waals surface area contributed by atoms with Crippen molar-refractivity contribution in [2.45, 2.75) is 13.3 Å². The number of alkyl halides is 2. The average Bonchev–Trinajstić information content (AvgIpc) is 2.07. The third-order valence-corrected chi connectivity index (χ3v) is 1.89. The van der Waals surface area contributed by atoms with Gasteiger partial charge in [0.05, 0.1) is 16.1 Å². The third kappa shape index (κ3) is 1.76. The molecule has 0 aromatic carbocycles. The van der Waals surface area contributed by atoms with Crippen LogP contribution in [0.15, 0.2) is 6.20 Å². The maximum atomic E-state index is 12.4. The predicted octanol–water partition coefficient (Wildman–Crippen LogP) is 2.85. The first kappa shape index (κ1) is 9.87. The van der Waals surface area contributed by atoms with E-state index in [-0.39, 0.29) is 21.8 Å². The molecule has 0 amide bonds. The van der Waals surface area contributed by atoms with E-state index >= 15 is 0 Å². The largest absolute Gasteiger partial charge is 0.266 e. The van der Waals surface area contributed by atoms with E-state index in [9.17, 15) is 8.78 Å². The fourth-order valence-corrected chi connectivity index (χ4v) is 1.17. The first-order valence-corrected chi connectivity index (χ1v) is 3.79. The number of aryl methyl sites for hydroxylation is 1. The lowest BCUT2D eigenvalue weighted by molar-refractivity contribution is 0.149. The van der Waals surface area contributed by atoms with Crippen molar-refractivity contribution in [1.29, 1.82) is 5.26 Å². The Hall–Kier alpha value is -1.21. The van der Waals surface area contributed by atoms with Crippen molar-refractivity contribution in [2.24, 2.45) is 0 Å². The van der Waals surface area contributed by atoms with E-state index in [1.165, 1.54) is 13.1 Å². The highest BCUT2D eigenvalue weighted by atomic mass is 35.5. The van der Waals surface area contributed by atoms with Crippen LogP contribution in [0, 0.1) is 18.3 Å². The quantitative estimate of drug-likeness (QED) is 0.702. The van der Waals surface area contributed by atoms with E-state index in [0.29, 0.717) is 0 Å². The van der Waals surface area contributed by atoms with Crippen LogP contribution in [0.4, 0.5) is 8.78 Å². The monoisotopic (exact) mass is 202 g/mol. The van der Waals surface area contributed by atoms with E-state index in [4.69, 9.17) is 16.9 Å². The van der Waals surface area contributed by atoms with Crippen molar-refractivity contribution in [2.75, 3.05) is 0 Å². The van der Waals surface area contributed by atoms with E-state index in [1.807, 2.05) is 0 Å². The zero-order valence-electron chi connectivity index (χ0n) is 6.68. The summed E-state index contributed by atoms with van der Waals surface area (Å²) < 4.78 is 24.8. The van der Waals surface area contributed by atoms with Crippen LogP contribution in [-0.2, 0) is 0 Å². The summed E-state index contributed by atoms with van der Waals surface area (Å²) in [7, 11) is 0. The molecule has 68 valence electrons. The van der Waals surface area contributed by atoms with Crippen LogP contribution < -0.4 is 0 Å². The maximum Gasteiger partial charge on any atom is 0.266 e. The van der Waals surface area contributed by atoms with Crippen molar-refractivity contribution >= 4 is 11.6 Å². The number of nitriles is 1. The van der Waals surface area contributed by atoms with Gasteiger partial charge in [-0.1, -0.05) is 11.6 Å².